The summed E-state index contributed by atoms with van der Waals surface area (Å²) in [6.07, 6.45) is 7.06. The van der Waals surface area contributed by atoms with Crippen molar-refractivity contribution in [3.8, 4) is 0 Å². The van der Waals surface area contributed by atoms with Crippen LogP contribution in [-0.2, 0) is 13.1 Å². The lowest BCUT2D eigenvalue weighted by Gasteiger charge is -1.99. The predicted molar refractivity (Wildman–Crippen MR) is 65.4 cm³/mol. The van der Waals surface area contributed by atoms with Gasteiger partial charge in [-0.25, -0.2) is 0 Å². The molecule has 0 aliphatic rings. The molecule has 2 rings (SSSR count). The molecule has 0 spiro atoms. The normalized spacial score (nSPS) is 10.8. The van der Waals surface area contributed by atoms with E-state index in [0.717, 1.165) is 26.1 Å². The maximum atomic E-state index is 4.33. The quantitative estimate of drug-likeness (QED) is 0.779. The largest absolute Gasteiger partial charge is 0.313 e. The van der Waals surface area contributed by atoms with Gasteiger partial charge >= 0.3 is 0 Å². The summed E-state index contributed by atoms with van der Waals surface area (Å²) in [6.45, 7) is 4.94. The average molecular weight is 236 g/mol. The molecule has 4 nitrogen and oxygen atoms in total. The van der Waals surface area contributed by atoms with Crippen molar-refractivity contribution in [1.29, 1.82) is 0 Å². The first-order valence-electron chi connectivity index (χ1n) is 5.48. The Morgan fingerprint density at radius 2 is 2.38 bits per heavy atom. The Kier molecular flexibility index (Phi) is 4.07. The van der Waals surface area contributed by atoms with Crippen molar-refractivity contribution >= 4 is 11.3 Å². The summed E-state index contributed by atoms with van der Waals surface area (Å²) in [5.74, 6) is 0. The monoisotopic (exact) mass is 236 g/mol. The van der Waals surface area contributed by atoms with Crippen LogP contribution in [0.2, 0.25) is 0 Å². The topological polar surface area (TPSA) is 42.7 Å². The van der Waals surface area contributed by atoms with E-state index in [-0.39, 0.29) is 0 Å². The van der Waals surface area contributed by atoms with E-state index in [1.54, 1.807) is 11.3 Å². The van der Waals surface area contributed by atoms with Gasteiger partial charge in [-0.2, -0.15) is 5.10 Å². The fourth-order valence-corrected chi connectivity index (χ4v) is 2.06. The molecule has 2 heterocycles. The first kappa shape index (κ1) is 11.3. The highest BCUT2D eigenvalue weighted by Crippen LogP contribution is 2.08. The van der Waals surface area contributed by atoms with Gasteiger partial charge in [-0.05, 0) is 13.0 Å². The summed E-state index contributed by atoms with van der Waals surface area (Å²) in [6, 6.07) is 0. The zero-order valence-corrected chi connectivity index (χ0v) is 10.2. The zero-order chi connectivity index (χ0) is 11.2. The molecule has 0 amide bonds. The van der Waals surface area contributed by atoms with Crippen LogP contribution in [0.15, 0.2) is 24.1 Å². The molecular formula is C11H16N4S. The lowest BCUT2D eigenvalue weighted by atomic mass is 10.3. The smallest absolute Gasteiger partial charge is 0.0794 e. The van der Waals surface area contributed by atoms with Crippen LogP contribution in [-0.4, -0.2) is 21.3 Å². The van der Waals surface area contributed by atoms with Gasteiger partial charge in [-0.1, -0.05) is 6.92 Å². The van der Waals surface area contributed by atoms with Gasteiger partial charge in [0.15, 0.2) is 0 Å². The van der Waals surface area contributed by atoms with Crippen molar-refractivity contribution in [1.82, 2.24) is 20.1 Å². The third-order valence-electron chi connectivity index (χ3n) is 2.24. The highest BCUT2D eigenvalue weighted by atomic mass is 32.1. The summed E-state index contributed by atoms with van der Waals surface area (Å²) in [5, 5.41) is 7.69. The predicted octanol–water partition coefficient (Wildman–Crippen LogP) is 1.89. The minimum absolute atomic E-state index is 0.818. The SMILES string of the molecule is CCCNCc1cnn(Cc2cncs2)c1. The molecule has 5 heteroatoms. The Balaban J connectivity index is 1.87. The van der Waals surface area contributed by atoms with Crippen LogP contribution in [0.3, 0.4) is 0 Å². The van der Waals surface area contributed by atoms with Crippen LogP contribution in [0.1, 0.15) is 23.8 Å². The number of nitrogens with one attached hydrogen (secondary N) is 1. The number of hydrogen-bond acceptors (Lipinski definition) is 4. The van der Waals surface area contributed by atoms with Crippen molar-refractivity contribution in [2.24, 2.45) is 0 Å². The van der Waals surface area contributed by atoms with Gasteiger partial charge in [0, 0.05) is 29.4 Å². The molecule has 0 aliphatic carbocycles. The maximum absolute atomic E-state index is 4.33. The van der Waals surface area contributed by atoms with E-state index < -0.39 is 0 Å². The van der Waals surface area contributed by atoms with Gasteiger partial charge in [0.2, 0.25) is 0 Å². The first-order chi connectivity index (χ1) is 7.88. The lowest BCUT2D eigenvalue weighted by Crippen LogP contribution is -2.13. The fourth-order valence-electron chi connectivity index (χ4n) is 1.47. The van der Waals surface area contributed by atoms with E-state index in [4.69, 9.17) is 0 Å². The van der Waals surface area contributed by atoms with Crippen LogP contribution in [0.5, 0.6) is 0 Å². The average Bonchev–Trinajstić information content (AvgIpc) is 2.91. The van der Waals surface area contributed by atoms with Crippen molar-refractivity contribution in [2.45, 2.75) is 26.4 Å². The lowest BCUT2D eigenvalue weighted by molar-refractivity contribution is 0.670. The Bertz CT molecular complexity index is 407. The molecule has 0 unspecified atom stereocenters. The number of nitrogens with zero attached hydrogens (tertiary/aromatic N) is 3. The van der Waals surface area contributed by atoms with E-state index in [0.29, 0.717) is 0 Å². The second-order valence-corrected chi connectivity index (χ2v) is 4.66. The molecule has 86 valence electrons. The molecule has 2 aromatic heterocycles. The van der Waals surface area contributed by atoms with E-state index in [9.17, 15) is 0 Å². The van der Waals surface area contributed by atoms with Crippen LogP contribution in [0, 0.1) is 0 Å². The molecule has 2 aromatic rings. The second kappa shape index (κ2) is 5.77. The standard InChI is InChI=1S/C11H16N4S/c1-2-3-12-4-10-5-14-15(7-10)8-11-6-13-9-16-11/h5-7,9,12H,2-4,8H2,1H3. The Morgan fingerprint density at radius 3 is 3.12 bits per heavy atom. The van der Waals surface area contributed by atoms with Crippen molar-refractivity contribution in [3.63, 3.8) is 0 Å². The molecule has 0 atom stereocenters. The minimum atomic E-state index is 0.818. The Labute approximate surface area is 99.3 Å². The van der Waals surface area contributed by atoms with E-state index in [1.165, 1.54) is 10.4 Å². The summed E-state index contributed by atoms with van der Waals surface area (Å²) in [7, 11) is 0. The van der Waals surface area contributed by atoms with Crippen molar-refractivity contribution in [3.05, 3.63) is 34.5 Å². The fraction of sp³-hybridized carbons (Fsp3) is 0.455. The van der Waals surface area contributed by atoms with Gasteiger partial charge in [-0.15, -0.1) is 11.3 Å². The highest BCUT2D eigenvalue weighted by Gasteiger charge is 2.00. The van der Waals surface area contributed by atoms with Gasteiger partial charge in [0.05, 0.1) is 18.3 Å². The highest BCUT2D eigenvalue weighted by molar-refractivity contribution is 7.09. The third-order valence-corrected chi connectivity index (χ3v) is 3.01. The van der Waals surface area contributed by atoms with Crippen molar-refractivity contribution in [2.75, 3.05) is 6.54 Å². The minimum Gasteiger partial charge on any atom is -0.313 e. The summed E-state index contributed by atoms with van der Waals surface area (Å²) in [5.41, 5.74) is 3.08. The zero-order valence-electron chi connectivity index (χ0n) is 9.39. The number of thiazole rings is 1. The second-order valence-electron chi connectivity index (χ2n) is 3.69. The number of aromatic nitrogens is 3. The third kappa shape index (κ3) is 3.15. The summed E-state index contributed by atoms with van der Waals surface area (Å²) < 4.78 is 1.95. The van der Waals surface area contributed by atoms with Gasteiger partial charge in [-0.3, -0.25) is 9.67 Å². The van der Waals surface area contributed by atoms with Crippen molar-refractivity contribution < 1.29 is 0 Å². The molecular weight excluding hydrogens is 220 g/mol. The van der Waals surface area contributed by atoms with E-state index >= 15 is 0 Å². The van der Waals surface area contributed by atoms with Crippen LogP contribution < -0.4 is 5.32 Å². The molecule has 0 bridgehead atoms. The summed E-state index contributed by atoms with van der Waals surface area (Å²) >= 11 is 1.66. The first-order valence-corrected chi connectivity index (χ1v) is 6.36. The molecule has 0 saturated carbocycles. The van der Waals surface area contributed by atoms with Gasteiger partial charge in [0.1, 0.15) is 0 Å². The van der Waals surface area contributed by atoms with E-state index in [1.807, 2.05) is 22.6 Å². The summed E-state index contributed by atoms with van der Waals surface area (Å²) in [4.78, 5) is 5.28. The Morgan fingerprint density at radius 1 is 1.44 bits per heavy atom. The van der Waals surface area contributed by atoms with Crippen LogP contribution >= 0.6 is 11.3 Å². The van der Waals surface area contributed by atoms with Crippen LogP contribution in [0.25, 0.3) is 0 Å². The molecule has 0 saturated heterocycles. The molecule has 16 heavy (non-hydrogen) atoms. The Hall–Kier alpha value is -1.20. The molecule has 0 aromatic carbocycles. The van der Waals surface area contributed by atoms with E-state index in [2.05, 4.69) is 28.5 Å². The van der Waals surface area contributed by atoms with Gasteiger partial charge in [0.25, 0.3) is 0 Å². The molecule has 0 fully saturated rings. The molecule has 1 N–H and O–H groups in total. The molecule has 0 radical (unpaired) electrons. The number of hydrogen-bond donors (Lipinski definition) is 1. The number of rotatable bonds is 6. The van der Waals surface area contributed by atoms with Crippen LogP contribution in [0.4, 0.5) is 0 Å². The molecule has 0 aliphatic heterocycles. The maximum Gasteiger partial charge on any atom is 0.0794 e. The van der Waals surface area contributed by atoms with Gasteiger partial charge < -0.3 is 5.32 Å².